The molecule has 0 atom stereocenters. The number of benzene rings is 1. The van der Waals surface area contributed by atoms with E-state index >= 15 is 0 Å². The first-order chi connectivity index (χ1) is 5.39. The van der Waals surface area contributed by atoms with Gasteiger partial charge in [-0.15, -0.1) is 0 Å². The summed E-state index contributed by atoms with van der Waals surface area (Å²) in [7, 11) is -1.61. The van der Waals surface area contributed by atoms with Crippen LogP contribution in [0.1, 0.15) is 0 Å². The highest BCUT2D eigenvalue weighted by Crippen LogP contribution is 1.88. The maximum atomic E-state index is 8.66. The lowest BCUT2D eigenvalue weighted by Gasteiger charge is -2.00. The molecule has 1 aromatic rings. The van der Waals surface area contributed by atoms with Crippen molar-refractivity contribution in [1.29, 1.82) is 0 Å². The fraction of sp³-hybridized carbons (Fsp3) is 0.333. The van der Waals surface area contributed by atoms with Crippen molar-refractivity contribution in [2.45, 2.75) is 19.6 Å². The lowest BCUT2D eigenvalue weighted by Crippen LogP contribution is -2.17. The van der Waals surface area contributed by atoms with Gasteiger partial charge in [-0.05, 0) is 19.6 Å². The Bertz CT molecular complexity index is 200. The topological polar surface area (TPSA) is 20.2 Å². The van der Waals surface area contributed by atoms with Crippen molar-refractivity contribution >= 4 is 33.7 Å². The largest absolute Gasteiger partial charge is 1.47 e. The summed E-state index contributed by atoms with van der Waals surface area (Å²) in [5, 5.41) is 0. The fourth-order valence-corrected chi connectivity index (χ4v) is 0.750. The van der Waals surface area contributed by atoms with Gasteiger partial charge in [0.1, 0.15) is 0 Å². The van der Waals surface area contributed by atoms with E-state index in [2.05, 4.69) is 12.1 Å². The maximum Gasteiger partial charge on any atom is 1.47 e. The molecule has 0 amide bonds. The first-order valence-electron chi connectivity index (χ1n) is 3.99. The molecular formula is C9H15MgOSi+2. The van der Waals surface area contributed by atoms with Crippen LogP contribution in [-0.2, 0) is 0 Å². The van der Waals surface area contributed by atoms with Crippen molar-refractivity contribution in [3.05, 3.63) is 30.3 Å². The van der Waals surface area contributed by atoms with Gasteiger partial charge >= 0.3 is 25.4 Å². The summed E-state index contributed by atoms with van der Waals surface area (Å²) in [4.78, 5) is 8.66. The monoisotopic (exact) mass is 191 g/mol. The Hall–Kier alpha value is 0.163. The SMILES string of the molecule is C[Si](C)(C)O.[Mg+2][c]1ccccc1. The van der Waals surface area contributed by atoms with Crippen molar-refractivity contribution in [3.63, 3.8) is 0 Å². The average molecular weight is 192 g/mol. The quantitative estimate of drug-likeness (QED) is 0.613. The summed E-state index contributed by atoms with van der Waals surface area (Å²) < 4.78 is 1.35. The molecule has 61 valence electrons. The Morgan fingerprint density at radius 1 is 1.08 bits per heavy atom. The Morgan fingerprint density at radius 2 is 1.42 bits per heavy atom. The van der Waals surface area contributed by atoms with E-state index in [0.29, 0.717) is 0 Å². The molecule has 0 aliphatic carbocycles. The molecule has 0 aromatic heterocycles. The smallest absolute Gasteiger partial charge is 0.433 e. The first kappa shape index (κ1) is 12.2. The third-order valence-corrected chi connectivity index (χ3v) is 1.31. The van der Waals surface area contributed by atoms with Crippen LogP contribution in [-0.4, -0.2) is 34.8 Å². The van der Waals surface area contributed by atoms with Crippen LogP contribution in [0.3, 0.4) is 0 Å². The van der Waals surface area contributed by atoms with Gasteiger partial charge in [-0.25, -0.2) is 0 Å². The van der Waals surface area contributed by atoms with Gasteiger partial charge in [0.15, 0.2) is 8.32 Å². The van der Waals surface area contributed by atoms with Gasteiger partial charge in [0.05, 0.1) is 0 Å². The molecule has 0 bridgehead atoms. The second-order valence-electron chi connectivity index (χ2n) is 3.66. The highest BCUT2D eigenvalue weighted by molar-refractivity contribution is 6.68. The van der Waals surface area contributed by atoms with E-state index < -0.39 is 8.32 Å². The van der Waals surface area contributed by atoms with Crippen LogP contribution in [0.2, 0.25) is 19.6 Å². The maximum absolute atomic E-state index is 8.66. The summed E-state index contributed by atoms with van der Waals surface area (Å²) in [6.07, 6.45) is 0. The zero-order valence-corrected chi connectivity index (χ0v) is 10.5. The zero-order chi connectivity index (χ0) is 9.61. The molecular weight excluding hydrogens is 176 g/mol. The van der Waals surface area contributed by atoms with Crippen LogP contribution in [0.15, 0.2) is 30.3 Å². The molecule has 1 nitrogen and oxygen atoms in total. The molecule has 0 aliphatic rings. The highest BCUT2D eigenvalue weighted by atomic mass is 28.4. The van der Waals surface area contributed by atoms with Crippen LogP contribution in [0.5, 0.6) is 0 Å². The summed E-state index contributed by atoms with van der Waals surface area (Å²) in [6, 6.07) is 10.3. The molecule has 0 spiro atoms. The minimum absolute atomic E-state index is 1.35. The van der Waals surface area contributed by atoms with E-state index in [1.807, 2.05) is 59.5 Å². The highest BCUT2D eigenvalue weighted by Gasteiger charge is 2.28. The molecule has 0 unspecified atom stereocenters. The minimum atomic E-state index is -1.61. The predicted molar refractivity (Wildman–Crippen MR) is 57.4 cm³/mol. The third-order valence-electron chi connectivity index (χ3n) is 0.843. The molecule has 0 saturated carbocycles. The van der Waals surface area contributed by atoms with Gasteiger partial charge in [-0.1, -0.05) is 18.2 Å². The lowest BCUT2D eigenvalue weighted by atomic mass is 10.4. The standard InChI is InChI=1S/C6H5.C3H10OSi.Mg/c1-2-4-6-5-3-1;1-5(2,3)4;/h1-5H;4H,1-3H3;/q;;+2. The summed E-state index contributed by atoms with van der Waals surface area (Å²) in [6.45, 7) is 5.65. The summed E-state index contributed by atoms with van der Waals surface area (Å²) >= 11 is 1.90. The van der Waals surface area contributed by atoms with Crippen molar-refractivity contribution in [2.24, 2.45) is 0 Å². The molecule has 0 saturated heterocycles. The van der Waals surface area contributed by atoms with E-state index in [4.69, 9.17) is 4.80 Å². The van der Waals surface area contributed by atoms with Crippen molar-refractivity contribution in [3.8, 4) is 0 Å². The predicted octanol–water partition coefficient (Wildman–Crippen LogP) is 1.29. The van der Waals surface area contributed by atoms with Gasteiger partial charge in [0, 0.05) is 12.1 Å². The third kappa shape index (κ3) is 12.8. The van der Waals surface area contributed by atoms with Crippen LogP contribution < -0.4 is 3.69 Å². The number of hydrogen-bond acceptors (Lipinski definition) is 1. The van der Waals surface area contributed by atoms with Crippen molar-refractivity contribution in [1.82, 2.24) is 0 Å². The summed E-state index contributed by atoms with van der Waals surface area (Å²) in [5.41, 5.74) is 0. The molecule has 3 heteroatoms. The molecule has 1 N–H and O–H groups in total. The molecule has 1 aromatic carbocycles. The zero-order valence-electron chi connectivity index (χ0n) is 8.04. The molecule has 0 fully saturated rings. The molecule has 12 heavy (non-hydrogen) atoms. The second-order valence-corrected chi connectivity index (χ2v) is 8.81. The Morgan fingerprint density at radius 3 is 1.58 bits per heavy atom. The molecule has 1 rings (SSSR count). The first-order valence-corrected chi connectivity index (χ1v) is 8.14. The fourth-order valence-electron chi connectivity index (χ4n) is 0.478. The van der Waals surface area contributed by atoms with Crippen LogP contribution in [0.25, 0.3) is 0 Å². The van der Waals surface area contributed by atoms with E-state index in [1.54, 1.807) is 0 Å². The number of rotatable bonds is 0. The van der Waals surface area contributed by atoms with Gasteiger partial charge in [0.2, 0.25) is 0 Å². The molecule has 0 aliphatic heterocycles. The van der Waals surface area contributed by atoms with Gasteiger partial charge in [-0.3, -0.25) is 0 Å². The van der Waals surface area contributed by atoms with E-state index in [1.165, 1.54) is 3.69 Å². The van der Waals surface area contributed by atoms with Crippen LogP contribution >= 0.6 is 0 Å². The minimum Gasteiger partial charge on any atom is -0.433 e. The Balaban J connectivity index is 0.000000217. The van der Waals surface area contributed by atoms with Gasteiger partial charge in [-0.2, -0.15) is 0 Å². The van der Waals surface area contributed by atoms with Crippen LogP contribution in [0.4, 0.5) is 0 Å². The molecule has 0 heterocycles. The molecule has 7 radical (unpaired) electrons. The van der Waals surface area contributed by atoms with E-state index in [9.17, 15) is 0 Å². The van der Waals surface area contributed by atoms with Crippen molar-refractivity contribution in [2.75, 3.05) is 0 Å². The second kappa shape index (κ2) is 5.75. The van der Waals surface area contributed by atoms with Gasteiger partial charge in [0.25, 0.3) is 0 Å². The Kier molecular flexibility index (Phi) is 5.83. The van der Waals surface area contributed by atoms with E-state index in [0.717, 1.165) is 0 Å². The number of hydrogen-bond donors (Lipinski definition) is 1. The van der Waals surface area contributed by atoms with E-state index in [-0.39, 0.29) is 0 Å². The van der Waals surface area contributed by atoms with Crippen LogP contribution in [0, 0.1) is 0 Å². The van der Waals surface area contributed by atoms with Gasteiger partial charge < -0.3 is 4.80 Å². The lowest BCUT2D eigenvalue weighted by molar-refractivity contribution is 0.561. The Labute approximate surface area is 88.4 Å². The summed E-state index contributed by atoms with van der Waals surface area (Å²) in [5.74, 6) is 0. The van der Waals surface area contributed by atoms with Crippen molar-refractivity contribution < 1.29 is 4.80 Å². The normalized spacial score (nSPS) is 10.1. The average Bonchev–Trinajstić information content (AvgIpc) is 1.85.